The summed E-state index contributed by atoms with van der Waals surface area (Å²) in [6.45, 7) is 3.53. The maximum Gasteiger partial charge on any atom is 0.434 e. The number of hydrogen-bond acceptors (Lipinski definition) is 8. The smallest absolute Gasteiger partial charge is 0.377 e. The molecule has 0 bridgehead atoms. The van der Waals surface area contributed by atoms with E-state index >= 15 is 0 Å². The van der Waals surface area contributed by atoms with Crippen molar-refractivity contribution >= 4 is 17.7 Å². The molecule has 0 spiro atoms. The summed E-state index contributed by atoms with van der Waals surface area (Å²) in [5, 5.41) is 0. The number of hydrogen-bond donors (Lipinski definition) is 1. The molecule has 8 nitrogen and oxygen atoms in total. The molecule has 2 aromatic heterocycles. The zero-order valence-electron chi connectivity index (χ0n) is 15.5. The van der Waals surface area contributed by atoms with Crippen molar-refractivity contribution in [2.75, 3.05) is 48.4 Å². The Kier molecular flexibility index (Phi) is 4.89. The average Bonchev–Trinajstić information content (AvgIpc) is 2.65. The molecule has 2 saturated heterocycles. The fourth-order valence-electron chi connectivity index (χ4n) is 3.29. The molecule has 0 aromatic carbocycles. The van der Waals surface area contributed by atoms with Crippen LogP contribution in [-0.4, -0.2) is 65.0 Å². The van der Waals surface area contributed by atoms with Crippen molar-refractivity contribution in [2.45, 2.75) is 25.3 Å². The van der Waals surface area contributed by atoms with E-state index in [1.807, 2.05) is 11.8 Å². The SMILES string of the molecule is CC1COCCN1c1nc(-c2cnc(N)nc2C(F)(F)F)cc(N2CC(F)C2)n1. The van der Waals surface area contributed by atoms with Gasteiger partial charge in [0.15, 0.2) is 5.69 Å². The molecule has 4 rings (SSSR count). The first-order valence-corrected chi connectivity index (χ1v) is 9.05. The molecule has 2 N–H and O–H groups in total. The van der Waals surface area contributed by atoms with Crippen LogP contribution in [0, 0.1) is 0 Å². The first-order chi connectivity index (χ1) is 13.7. The van der Waals surface area contributed by atoms with Crippen molar-refractivity contribution in [2.24, 2.45) is 0 Å². The lowest BCUT2D eigenvalue weighted by Gasteiger charge is -2.37. The number of alkyl halides is 4. The highest BCUT2D eigenvalue weighted by molar-refractivity contribution is 5.68. The van der Waals surface area contributed by atoms with E-state index in [4.69, 9.17) is 10.5 Å². The van der Waals surface area contributed by atoms with E-state index in [9.17, 15) is 17.6 Å². The maximum absolute atomic E-state index is 13.5. The molecule has 1 atom stereocenters. The summed E-state index contributed by atoms with van der Waals surface area (Å²) in [6, 6.07) is 1.33. The zero-order valence-corrected chi connectivity index (χ0v) is 15.5. The van der Waals surface area contributed by atoms with Crippen LogP contribution < -0.4 is 15.5 Å². The van der Waals surface area contributed by atoms with E-state index in [1.165, 1.54) is 6.07 Å². The molecule has 0 radical (unpaired) electrons. The van der Waals surface area contributed by atoms with Crippen LogP contribution in [-0.2, 0) is 10.9 Å². The lowest BCUT2D eigenvalue weighted by Crippen LogP contribution is -2.49. The second-order valence-corrected chi connectivity index (χ2v) is 7.02. The van der Waals surface area contributed by atoms with Crippen LogP contribution in [0.1, 0.15) is 12.6 Å². The van der Waals surface area contributed by atoms with Crippen molar-refractivity contribution in [1.29, 1.82) is 0 Å². The fraction of sp³-hybridized carbons (Fsp3) is 0.529. The molecular weight excluding hydrogens is 394 g/mol. The Hall–Kier alpha value is -2.76. The largest absolute Gasteiger partial charge is 0.434 e. The minimum atomic E-state index is -4.75. The predicted octanol–water partition coefficient (Wildman–Crippen LogP) is 1.92. The van der Waals surface area contributed by atoms with E-state index in [2.05, 4.69) is 19.9 Å². The second kappa shape index (κ2) is 7.25. The van der Waals surface area contributed by atoms with Gasteiger partial charge in [-0.2, -0.15) is 18.2 Å². The Labute approximate surface area is 163 Å². The van der Waals surface area contributed by atoms with Crippen LogP contribution in [0.3, 0.4) is 0 Å². The molecule has 29 heavy (non-hydrogen) atoms. The minimum Gasteiger partial charge on any atom is -0.377 e. The predicted molar refractivity (Wildman–Crippen MR) is 97.2 cm³/mol. The van der Waals surface area contributed by atoms with Gasteiger partial charge in [-0.3, -0.25) is 0 Å². The van der Waals surface area contributed by atoms with Gasteiger partial charge in [-0.25, -0.2) is 19.3 Å². The highest BCUT2D eigenvalue weighted by Crippen LogP contribution is 2.37. The number of nitrogen functional groups attached to an aromatic ring is 1. The van der Waals surface area contributed by atoms with Gasteiger partial charge in [0, 0.05) is 24.4 Å². The summed E-state index contributed by atoms with van der Waals surface area (Å²) >= 11 is 0. The number of nitrogens with two attached hydrogens (primary N) is 1. The maximum atomic E-state index is 13.5. The van der Waals surface area contributed by atoms with Gasteiger partial charge in [0.25, 0.3) is 0 Å². The van der Waals surface area contributed by atoms with E-state index < -0.39 is 24.0 Å². The first-order valence-electron chi connectivity index (χ1n) is 9.05. The lowest BCUT2D eigenvalue weighted by atomic mass is 10.1. The summed E-state index contributed by atoms with van der Waals surface area (Å²) < 4.78 is 59.4. The normalized spacial score (nSPS) is 20.7. The van der Waals surface area contributed by atoms with Crippen molar-refractivity contribution < 1.29 is 22.3 Å². The van der Waals surface area contributed by atoms with Gasteiger partial charge < -0.3 is 20.3 Å². The van der Waals surface area contributed by atoms with Gasteiger partial charge in [0.2, 0.25) is 11.9 Å². The molecule has 1 unspecified atom stereocenters. The molecule has 12 heteroatoms. The van der Waals surface area contributed by atoms with Gasteiger partial charge in [0.05, 0.1) is 38.0 Å². The summed E-state index contributed by atoms with van der Waals surface area (Å²) in [5.74, 6) is 0.114. The Bertz CT molecular complexity index is 904. The first kappa shape index (κ1) is 19.6. The summed E-state index contributed by atoms with van der Waals surface area (Å²) in [4.78, 5) is 19.4. The highest BCUT2D eigenvalue weighted by atomic mass is 19.4. The van der Waals surface area contributed by atoms with Crippen LogP contribution in [0.5, 0.6) is 0 Å². The third-order valence-corrected chi connectivity index (χ3v) is 4.84. The number of nitrogens with zero attached hydrogens (tertiary/aromatic N) is 6. The molecule has 156 valence electrons. The number of aromatic nitrogens is 4. The average molecular weight is 413 g/mol. The topological polar surface area (TPSA) is 93.3 Å². The Morgan fingerprint density at radius 3 is 2.62 bits per heavy atom. The van der Waals surface area contributed by atoms with Crippen LogP contribution in [0.4, 0.5) is 35.3 Å². The van der Waals surface area contributed by atoms with Crippen molar-refractivity contribution in [3.63, 3.8) is 0 Å². The van der Waals surface area contributed by atoms with Crippen molar-refractivity contribution in [3.8, 4) is 11.3 Å². The quantitative estimate of drug-likeness (QED) is 0.763. The van der Waals surface area contributed by atoms with E-state index in [1.54, 1.807) is 4.90 Å². The molecule has 2 aromatic rings. The molecule has 2 aliphatic heterocycles. The third kappa shape index (κ3) is 3.88. The van der Waals surface area contributed by atoms with E-state index in [0.29, 0.717) is 25.6 Å². The number of morpholine rings is 1. The van der Waals surface area contributed by atoms with Crippen molar-refractivity contribution in [3.05, 3.63) is 18.0 Å². The molecule has 2 fully saturated rings. The zero-order chi connectivity index (χ0) is 20.8. The van der Waals surface area contributed by atoms with Gasteiger partial charge in [-0.1, -0.05) is 0 Å². The lowest BCUT2D eigenvalue weighted by molar-refractivity contribution is -0.140. The van der Waals surface area contributed by atoms with E-state index in [0.717, 1.165) is 6.20 Å². The molecular formula is C17H19F4N7O. The van der Waals surface area contributed by atoms with Crippen LogP contribution in [0.2, 0.25) is 0 Å². The van der Waals surface area contributed by atoms with Gasteiger partial charge in [-0.15, -0.1) is 0 Å². The second-order valence-electron chi connectivity index (χ2n) is 7.02. The van der Waals surface area contributed by atoms with Crippen LogP contribution in [0.15, 0.2) is 12.3 Å². The van der Waals surface area contributed by atoms with Crippen molar-refractivity contribution in [1.82, 2.24) is 19.9 Å². The van der Waals surface area contributed by atoms with Crippen LogP contribution >= 0.6 is 0 Å². The van der Waals surface area contributed by atoms with E-state index in [-0.39, 0.29) is 36.3 Å². The Balaban J connectivity index is 1.83. The standard InChI is InChI=1S/C17H19F4N7O/c1-9-8-29-3-2-28(9)16-24-12(4-13(25-16)27-6-10(18)7-27)11-5-23-15(22)26-14(11)17(19,20)21/h4-5,9-10H,2-3,6-8H2,1H3,(H2,22,23,26). The monoisotopic (exact) mass is 413 g/mol. The molecule has 4 heterocycles. The van der Waals surface area contributed by atoms with Gasteiger partial charge in [-0.05, 0) is 6.92 Å². The number of halogens is 4. The minimum absolute atomic E-state index is 0.00155. The fourth-order valence-corrected chi connectivity index (χ4v) is 3.29. The number of rotatable bonds is 3. The molecule has 0 saturated carbocycles. The molecule has 0 amide bonds. The third-order valence-electron chi connectivity index (χ3n) is 4.84. The molecule has 0 aliphatic carbocycles. The number of anilines is 3. The highest BCUT2D eigenvalue weighted by Gasteiger charge is 2.38. The van der Waals surface area contributed by atoms with Crippen LogP contribution in [0.25, 0.3) is 11.3 Å². The van der Waals surface area contributed by atoms with Gasteiger partial charge in [0.1, 0.15) is 12.0 Å². The Morgan fingerprint density at radius 1 is 1.21 bits per heavy atom. The van der Waals surface area contributed by atoms with Gasteiger partial charge >= 0.3 is 6.18 Å². The number of ether oxygens (including phenoxy) is 1. The Morgan fingerprint density at radius 2 is 1.97 bits per heavy atom. The summed E-state index contributed by atoms with van der Waals surface area (Å²) in [5.41, 5.74) is 3.87. The summed E-state index contributed by atoms with van der Waals surface area (Å²) in [7, 11) is 0. The molecule has 2 aliphatic rings. The summed E-state index contributed by atoms with van der Waals surface area (Å²) in [6.07, 6.45) is -4.74.